The van der Waals surface area contributed by atoms with Gasteiger partial charge in [-0.05, 0) is 45.0 Å². The van der Waals surface area contributed by atoms with E-state index in [4.69, 9.17) is 14.5 Å². The van der Waals surface area contributed by atoms with Crippen LogP contribution < -0.4 is 5.32 Å². The standard InChI is InChI=1S/C25H20N4O4/c1-14-7-9-18(10-8-14)21-12-20(22-15(2)29-33-24(22)28-21)25(31)32-16(3)23(30)27-19-6-4-5-17(11-19)13-26/h4-12,16H,1-3H3,(H,27,30). The lowest BCUT2D eigenvalue weighted by Gasteiger charge is -2.14. The maximum absolute atomic E-state index is 13.1. The number of anilines is 1. The highest BCUT2D eigenvalue weighted by molar-refractivity contribution is 6.05. The maximum Gasteiger partial charge on any atom is 0.339 e. The fourth-order valence-corrected chi connectivity index (χ4v) is 3.32. The lowest BCUT2D eigenvalue weighted by Crippen LogP contribution is -2.30. The number of nitrogens with one attached hydrogen (secondary N) is 1. The van der Waals surface area contributed by atoms with Gasteiger partial charge in [-0.1, -0.05) is 41.1 Å². The molecule has 0 radical (unpaired) electrons. The fraction of sp³-hybridized carbons (Fsp3) is 0.160. The number of hydrogen-bond donors (Lipinski definition) is 1. The van der Waals surface area contributed by atoms with Crippen molar-refractivity contribution in [3.63, 3.8) is 0 Å². The third-order valence-corrected chi connectivity index (χ3v) is 5.10. The maximum atomic E-state index is 13.1. The minimum absolute atomic E-state index is 0.209. The molecule has 2 heterocycles. The van der Waals surface area contributed by atoms with Gasteiger partial charge in [0.05, 0.1) is 34.0 Å². The van der Waals surface area contributed by atoms with Crippen LogP contribution in [-0.2, 0) is 9.53 Å². The molecule has 1 N–H and O–H groups in total. The van der Waals surface area contributed by atoms with Gasteiger partial charge in [-0.25, -0.2) is 9.78 Å². The second-order valence-corrected chi connectivity index (χ2v) is 7.60. The van der Waals surface area contributed by atoms with Crippen molar-refractivity contribution >= 4 is 28.7 Å². The van der Waals surface area contributed by atoms with E-state index >= 15 is 0 Å². The number of esters is 1. The number of pyridine rings is 1. The van der Waals surface area contributed by atoms with Gasteiger partial charge in [0, 0.05) is 11.3 Å². The Labute approximate surface area is 189 Å². The highest BCUT2D eigenvalue weighted by atomic mass is 16.5. The first-order valence-corrected chi connectivity index (χ1v) is 10.2. The van der Waals surface area contributed by atoms with E-state index in [1.54, 1.807) is 31.2 Å². The SMILES string of the molecule is Cc1ccc(-c2cc(C(=O)OC(C)C(=O)Nc3cccc(C#N)c3)c3c(C)noc3n2)cc1. The molecule has 4 aromatic rings. The van der Waals surface area contributed by atoms with E-state index in [-0.39, 0.29) is 11.3 Å². The van der Waals surface area contributed by atoms with Crippen molar-refractivity contribution in [3.8, 4) is 17.3 Å². The predicted molar refractivity (Wildman–Crippen MR) is 121 cm³/mol. The molecule has 33 heavy (non-hydrogen) atoms. The first-order chi connectivity index (χ1) is 15.9. The van der Waals surface area contributed by atoms with Gasteiger partial charge in [0.15, 0.2) is 6.10 Å². The Morgan fingerprint density at radius 3 is 2.61 bits per heavy atom. The minimum atomic E-state index is -1.09. The molecule has 2 aromatic carbocycles. The zero-order valence-electron chi connectivity index (χ0n) is 18.2. The Morgan fingerprint density at radius 2 is 1.88 bits per heavy atom. The second kappa shape index (κ2) is 8.93. The summed E-state index contributed by atoms with van der Waals surface area (Å²) >= 11 is 0. The summed E-state index contributed by atoms with van der Waals surface area (Å²) in [5.74, 6) is -1.22. The highest BCUT2D eigenvalue weighted by Crippen LogP contribution is 2.28. The van der Waals surface area contributed by atoms with Gasteiger partial charge in [0.25, 0.3) is 11.6 Å². The first-order valence-electron chi connectivity index (χ1n) is 10.2. The van der Waals surface area contributed by atoms with E-state index in [0.29, 0.717) is 28.0 Å². The van der Waals surface area contributed by atoms with Gasteiger partial charge in [-0.15, -0.1) is 0 Å². The van der Waals surface area contributed by atoms with Crippen molar-refractivity contribution in [3.05, 3.63) is 77.0 Å². The van der Waals surface area contributed by atoms with Crippen molar-refractivity contribution in [1.82, 2.24) is 10.1 Å². The van der Waals surface area contributed by atoms with Crippen LogP contribution in [0.3, 0.4) is 0 Å². The molecule has 8 heteroatoms. The number of ether oxygens (including phenoxy) is 1. The number of amides is 1. The van der Waals surface area contributed by atoms with Crippen LogP contribution in [0, 0.1) is 25.2 Å². The van der Waals surface area contributed by atoms with E-state index in [2.05, 4.69) is 15.5 Å². The smallest absolute Gasteiger partial charge is 0.339 e. The zero-order valence-corrected chi connectivity index (χ0v) is 18.2. The van der Waals surface area contributed by atoms with Crippen molar-refractivity contribution in [2.45, 2.75) is 26.9 Å². The number of nitrogens with zero attached hydrogens (tertiary/aromatic N) is 3. The Morgan fingerprint density at radius 1 is 1.12 bits per heavy atom. The van der Waals surface area contributed by atoms with Gasteiger partial charge < -0.3 is 14.6 Å². The van der Waals surface area contributed by atoms with Crippen LogP contribution in [0.5, 0.6) is 0 Å². The average Bonchev–Trinajstić information content (AvgIpc) is 3.19. The Hall–Kier alpha value is -4.51. The quantitative estimate of drug-likeness (QED) is 0.452. The molecule has 4 rings (SSSR count). The van der Waals surface area contributed by atoms with Crippen LogP contribution in [0.4, 0.5) is 5.69 Å². The Balaban J connectivity index is 1.60. The van der Waals surface area contributed by atoms with Crippen molar-refractivity contribution in [1.29, 1.82) is 5.26 Å². The predicted octanol–water partition coefficient (Wildman–Crippen LogP) is 4.56. The number of aryl methyl sites for hydroxylation is 2. The third-order valence-electron chi connectivity index (χ3n) is 5.10. The van der Waals surface area contributed by atoms with E-state index < -0.39 is 18.0 Å². The molecule has 1 atom stereocenters. The fourth-order valence-electron chi connectivity index (χ4n) is 3.32. The molecule has 0 aliphatic carbocycles. The number of fused-ring (bicyclic) bond motifs is 1. The van der Waals surface area contributed by atoms with E-state index in [0.717, 1.165) is 11.1 Å². The van der Waals surface area contributed by atoms with E-state index in [9.17, 15) is 9.59 Å². The van der Waals surface area contributed by atoms with Crippen LogP contribution in [0.1, 0.15) is 34.1 Å². The van der Waals surface area contributed by atoms with Crippen molar-refractivity contribution in [2.75, 3.05) is 5.32 Å². The second-order valence-electron chi connectivity index (χ2n) is 7.60. The Kier molecular flexibility index (Phi) is 5.87. The number of rotatable bonds is 5. The summed E-state index contributed by atoms with van der Waals surface area (Å²) in [6.45, 7) is 5.15. The normalized spacial score (nSPS) is 11.6. The first kappa shape index (κ1) is 21.7. The molecular weight excluding hydrogens is 420 g/mol. The molecule has 0 spiro atoms. The molecule has 2 aromatic heterocycles. The van der Waals surface area contributed by atoms with Gasteiger partial charge in [0.2, 0.25) is 0 Å². The summed E-state index contributed by atoms with van der Waals surface area (Å²) in [5.41, 5.74) is 4.17. The summed E-state index contributed by atoms with van der Waals surface area (Å²) in [6, 6.07) is 17.8. The summed E-state index contributed by atoms with van der Waals surface area (Å²) in [5, 5.41) is 16.0. The number of carbonyl (C=O) groups excluding carboxylic acids is 2. The van der Waals surface area contributed by atoms with Crippen LogP contribution in [0.25, 0.3) is 22.4 Å². The van der Waals surface area contributed by atoms with Gasteiger partial charge in [0.1, 0.15) is 0 Å². The number of hydrogen-bond acceptors (Lipinski definition) is 7. The van der Waals surface area contributed by atoms with E-state index in [1.165, 1.54) is 13.0 Å². The average molecular weight is 440 g/mol. The zero-order chi connectivity index (χ0) is 23.5. The van der Waals surface area contributed by atoms with Crippen LogP contribution >= 0.6 is 0 Å². The van der Waals surface area contributed by atoms with Crippen LogP contribution in [0.15, 0.2) is 59.1 Å². The van der Waals surface area contributed by atoms with Gasteiger partial charge in [-0.2, -0.15) is 5.26 Å². The monoisotopic (exact) mass is 440 g/mol. The van der Waals surface area contributed by atoms with Crippen LogP contribution in [-0.4, -0.2) is 28.1 Å². The van der Waals surface area contributed by atoms with Gasteiger partial charge in [-0.3, -0.25) is 4.79 Å². The number of nitriles is 1. The molecule has 0 fully saturated rings. The number of carbonyl (C=O) groups is 2. The lowest BCUT2D eigenvalue weighted by atomic mass is 10.0. The summed E-state index contributed by atoms with van der Waals surface area (Å²) in [4.78, 5) is 30.1. The molecule has 0 saturated carbocycles. The molecule has 1 unspecified atom stereocenters. The molecule has 0 bridgehead atoms. The summed E-state index contributed by atoms with van der Waals surface area (Å²) in [6.07, 6.45) is -1.09. The molecular formula is C25H20N4O4. The van der Waals surface area contributed by atoms with Crippen molar-refractivity contribution in [2.24, 2.45) is 0 Å². The Bertz CT molecular complexity index is 1400. The topological polar surface area (TPSA) is 118 Å². The van der Waals surface area contributed by atoms with Crippen molar-refractivity contribution < 1.29 is 18.8 Å². The number of aromatic nitrogens is 2. The number of benzene rings is 2. The summed E-state index contributed by atoms with van der Waals surface area (Å²) < 4.78 is 10.8. The highest BCUT2D eigenvalue weighted by Gasteiger charge is 2.24. The van der Waals surface area contributed by atoms with Crippen LogP contribution in [0.2, 0.25) is 0 Å². The minimum Gasteiger partial charge on any atom is -0.449 e. The third kappa shape index (κ3) is 4.57. The molecule has 164 valence electrons. The molecule has 0 saturated heterocycles. The molecule has 8 nitrogen and oxygen atoms in total. The summed E-state index contributed by atoms with van der Waals surface area (Å²) in [7, 11) is 0. The molecule has 1 amide bonds. The van der Waals surface area contributed by atoms with Gasteiger partial charge >= 0.3 is 5.97 Å². The molecule has 0 aliphatic rings. The van der Waals surface area contributed by atoms with E-state index in [1.807, 2.05) is 37.3 Å². The molecule has 0 aliphatic heterocycles. The lowest BCUT2D eigenvalue weighted by molar-refractivity contribution is -0.123. The largest absolute Gasteiger partial charge is 0.449 e.